The van der Waals surface area contributed by atoms with Gasteiger partial charge in [-0.3, -0.25) is 4.98 Å². The van der Waals surface area contributed by atoms with Gasteiger partial charge in [0.05, 0.1) is 6.10 Å². The fraction of sp³-hybridized carbons (Fsp3) is 0.267. The molecule has 0 unspecified atom stereocenters. The van der Waals surface area contributed by atoms with Gasteiger partial charge in [-0.2, -0.15) is 0 Å². The first-order chi connectivity index (χ1) is 9.20. The summed E-state index contributed by atoms with van der Waals surface area (Å²) in [7, 11) is 0. The van der Waals surface area contributed by atoms with E-state index in [4.69, 9.17) is 4.74 Å². The first kappa shape index (κ1) is 14.0. The molecule has 2 rings (SSSR count). The minimum absolute atomic E-state index is 0.310. The molecule has 1 aromatic carbocycles. The summed E-state index contributed by atoms with van der Waals surface area (Å²) < 4.78 is 6.57. The van der Waals surface area contributed by atoms with E-state index in [0.717, 1.165) is 21.3 Å². The summed E-state index contributed by atoms with van der Waals surface area (Å²) in [6, 6.07) is 9.67. The van der Waals surface area contributed by atoms with Gasteiger partial charge < -0.3 is 9.84 Å². The molecule has 0 bridgehead atoms. The molecule has 100 valence electrons. The lowest BCUT2D eigenvalue weighted by Gasteiger charge is -2.12. The molecule has 1 atom stereocenters. The third-order valence-electron chi connectivity index (χ3n) is 2.82. The monoisotopic (exact) mass is 321 g/mol. The van der Waals surface area contributed by atoms with Crippen molar-refractivity contribution in [2.24, 2.45) is 0 Å². The molecule has 19 heavy (non-hydrogen) atoms. The molecular formula is C15H16BrNO2. The van der Waals surface area contributed by atoms with E-state index >= 15 is 0 Å². The van der Waals surface area contributed by atoms with Crippen molar-refractivity contribution in [1.82, 2.24) is 4.98 Å². The molecule has 4 heteroatoms. The Hall–Kier alpha value is -1.39. The van der Waals surface area contributed by atoms with Crippen molar-refractivity contribution in [3.8, 4) is 16.9 Å². The molecule has 1 heterocycles. The number of nitrogens with zero attached hydrogens (tertiary/aromatic N) is 1. The van der Waals surface area contributed by atoms with Crippen LogP contribution in [0, 0.1) is 0 Å². The number of benzene rings is 1. The predicted molar refractivity (Wildman–Crippen MR) is 79.2 cm³/mol. The van der Waals surface area contributed by atoms with E-state index in [1.54, 1.807) is 6.20 Å². The second-order valence-corrected chi connectivity index (χ2v) is 5.11. The van der Waals surface area contributed by atoms with E-state index in [2.05, 4.69) is 20.9 Å². The number of aromatic nitrogens is 1. The van der Waals surface area contributed by atoms with E-state index in [1.165, 1.54) is 0 Å². The number of aliphatic hydroxyl groups is 1. The van der Waals surface area contributed by atoms with Crippen LogP contribution < -0.4 is 4.74 Å². The molecule has 1 N–H and O–H groups in total. The smallest absolute Gasteiger partial charge is 0.120 e. The van der Waals surface area contributed by atoms with Crippen LogP contribution in [0.2, 0.25) is 0 Å². The van der Waals surface area contributed by atoms with Crippen LogP contribution in [0.15, 0.2) is 47.2 Å². The maximum Gasteiger partial charge on any atom is 0.120 e. The second-order valence-electron chi connectivity index (χ2n) is 4.26. The van der Waals surface area contributed by atoms with Gasteiger partial charge in [-0.25, -0.2) is 0 Å². The molecule has 0 fully saturated rings. The van der Waals surface area contributed by atoms with Crippen LogP contribution in [0.1, 0.15) is 13.3 Å². The number of rotatable bonds is 5. The van der Waals surface area contributed by atoms with Crippen LogP contribution in [0.4, 0.5) is 0 Å². The molecule has 0 aliphatic carbocycles. The van der Waals surface area contributed by atoms with Crippen LogP contribution in [0.25, 0.3) is 11.1 Å². The molecule has 1 aromatic heterocycles. The lowest BCUT2D eigenvalue weighted by Crippen LogP contribution is -2.15. The van der Waals surface area contributed by atoms with Gasteiger partial charge in [0, 0.05) is 28.0 Å². The fourth-order valence-corrected chi connectivity index (χ4v) is 2.12. The summed E-state index contributed by atoms with van der Waals surface area (Å²) in [6.45, 7) is 2.24. The van der Waals surface area contributed by atoms with Crippen LogP contribution in [0.3, 0.4) is 0 Å². The number of halogens is 1. The Kier molecular flexibility index (Phi) is 4.93. The van der Waals surface area contributed by atoms with Gasteiger partial charge in [0.25, 0.3) is 0 Å². The van der Waals surface area contributed by atoms with Gasteiger partial charge >= 0.3 is 0 Å². The topological polar surface area (TPSA) is 42.4 Å². The van der Waals surface area contributed by atoms with Gasteiger partial charge in [0.2, 0.25) is 0 Å². The zero-order valence-corrected chi connectivity index (χ0v) is 12.3. The molecule has 0 spiro atoms. The molecule has 0 saturated carbocycles. The standard InChI is InChI=1S/C15H16BrNO2/c1-2-12(18)10-19-13-5-6-15(16)14(8-13)11-4-3-7-17-9-11/h3-9,12,18H,2,10H2,1H3/t12-/m1/s1. The Morgan fingerprint density at radius 1 is 1.37 bits per heavy atom. The number of ether oxygens (including phenoxy) is 1. The third-order valence-corrected chi connectivity index (χ3v) is 3.52. The van der Waals surface area contributed by atoms with E-state index < -0.39 is 6.10 Å². The molecule has 2 aromatic rings. The molecule has 3 nitrogen and oxygen atoms in total. The summed E-state index contributed by atoms with van der Waals surface area (Å²) in [5.41, 5.74) is 2.05. The third kappa shape index (κ3) is 3.78. The summed E-state index contributed by atoms with van der Waals surface area (Å²) in [5, 5.41) is 9.52. The van der Waals surface area contributed by atoms with Crippen LogP contribution in [-0.4, -0.2) is 22.8 Å². The van der Waals surface area contributed by atoms with Gasteiger partial charge in [-0.1, -0.05) is 28.9 Å². The number of aliphatic hydroxyl groups excluding tert-OH is 1. The fourth-order valence-electron chi connectivity index (χ4n) is 1.65. The van der Waals surface area contributed by atoms with E-state index in [0.29, 0.717) is 13.0 Å². The van der Waals surface area contributed by atoms with Gasteiger partial charge in [0.1, 0.15) is 12.4 Å². The maximum atomic E-state index is 9.52. The predicted octanol–water partition coefficient (Wildman–Crippen LogP) is 3.66. The Morgan fingerprint density at radius 2 is 2.21 bits per heavy atom. The number of pyridine rings is 1. The molecule has 0 aliphatic rings. The molecule has 0 aliphatic heterocycles. The van der Waals surface area contributed by atoms with Crippen molar-refractivity contribution in [3.63, 3.8) is 0 Å². The first-order valence-corrected chi connectivity index (χ1v) is 7.01. The van der Waals surface area contributed by atoms with Crippen LogP contribution in [0.5, 0.6) is 5.75 Å². The summed E-state index contributed by atoms with van der Waals surface area (Å²) in [5.74, 6) is 0.745. The number of hydrogen-bond donors (Lipinski definition) is 1. The molecule has 0 saturated heterocycles. The summed E-state index contributed by atoms with van der Waals surface area (Å²) in [6.07, 6.45) is 3.82. The summed E-state index contributed by atoms with van der Waals surface area (Å²) >= 11 is 3.53. The van der Waals surface area contributed by atoms with Crippen LogP contribution >= 0.6 is 15.9 Å². The SMILES string of the molecule is CC[C@@H](O)COc1ccc(Br)c(-c2cccnc2)c1. The van der Waals surface area contributed by atoms with Crippen molar-refractivity contribution >= 4 is 15.9 Å². The molecule has 0 radical (unpaired) electrons. The summed E-state index contributed by atoms with van der Waals surface area (Å²) in [4.78, 5) is 4.12. The highest BCUT2D eigenvalue weighted by Crippen LogP contribution is 2.31. The normalized spacial score (nSPS) is 12.2. The quantitative estimate of drug-likeness (QED) is 0.913. The number of hydrogen-bond acceptors (Lipinski definition) is 3. The van der Waals surface area contributed by atoms with Crippen molar-refractivity contribution < 1.29 is 9.84 Å². The zero-order valence-electron chi connectivity index (χ0n) is 10.7. The Balaban J connectivity index is 2.20. The Bertz CT molecular complexity index is 531. The lowest BCUT2D eigenvalue weighted by atomic mass is 10.1. The highest BCUT2D eigenvalue weighted by Gasteiger charge is 2.07. The average Bonchev–Trinajstić information content (AvgIpc) is 2.47. The van der Waals surface area contributed by atoms with Crippen molar-refractivity contribution in [2.75, 3.05) is 6.61 Å². The molecular weight excluding hydrogens is 306 g/mol. The van der Waals surface area contributed by atoms with Gasteiger partial charge in [-0.05, 0) is 30.7 Å². The minimum Gasteiger partial charge on any atom is -0.491 e. The largest absolute Gasteiger partial charge is 0.491 e. The second kappa shape index (κ2) is 6.68. The van der Waals surface area contributed by atoms with Crippen LogP contribution in [-0.2, 0) is 0 Å². The molecule has 0 amide bonds. The maximum absolute atomic E-state index is 9.52. The van der Waals surface area contributed by atoms with Crippen molar-refractivity contribution in [3.05, 3.63) is 47.2 Å². The Morgan fingerprint density at radius 3 is 2.89 bits per heavy atom. The Labute approximate surface area is 121 Å². The van der Waals surface area contributed by atoms with E-state index in [9.17, 15) is 5.11 Å². The highest BCUT2D eigenvalue weighted by molar-refractivity contribution is 9.10. The van der Waals surface area contributed by atoms with Gasteiger partial charge in [0.15, 0.2) is 0 Å². The van der Waals surface area contributed by atoms with Crippen molar-refractivity contribution in [2.45, 2.75) is 19.4 Å². The van der Waals surface area contributed by atoms with E-state index in [-0.39, 0.29) is 0 Å². The van der Waals surface area contributed by atoms with Gasteiger partial charge in [-0.15, -0.1) is 0 Å². The van der Waals surface area contributed by atoms with Crippen molar-refractivity contribution in [1.29, 1.82) is 0 Å². The zero-order chi connectivity index (χ0) is 13.7. The first-order valence-electron chi connectivity index (χ1n) is 6.21. The van der Waals surface area contributed by atoms with E-state index in [1.807, 2.05) is 43.5 Å². The lowest BCUT2D eigenvalue weighted by molar-refractivity contribution is 0.104. The minimum atomic E-state index is -0.425. The average molecular weight is 322 g/mol. The highest BCUT2D eigenvalue weighted by atomic mass is 79.9.